The molecule has 0 saturated heterocycles. The Bertz CT molecular complexity index is 847. The molecule has 0 bridgehead atoms. The molecule has 0 spiro atoms. The van der Waals surface area contributed by atoms with E-state index in [-0.39, 0.29) is 11.8 Å². The van der Waals surface area contributed by atoms with Crippen LogP contribution in [-0.2, 0) is 0 Å². The zero-order valence-corrected chi connectivity index (χ0v) is 10.0. The summed E-state index contributed by atoms with van der Waals surface area (Å²) in [5, 5.41) is 7.18. The number of rotatable bonds is 0. The Balaban J connectivity index is 2.35. The Kier molecular flexibility index (Phi) is 1.73. The molecule has 4 heteroatoms. The van der Waals surface area contributed by atoms with Crippen LogP contribution in [-0.4, -0.2) is 11.8 Å². The van der Waals surface area contributed by atoms with Gasteiger partial charge in [-0.25, -0.2) is 0 Å². The Hall–Kier alpha value is -2.20. The molecule has 0 saturated carbocycles. The van der Waals surface area contributed by atoms with E-state index in [0.717, 1.165) is 20.9 Å². The third-order valence-corrected chi connectivity index (χ3v) is 4.25. The number of amides is 2. The van der Waals surface area contributed by atoms with Crippen LogP contribution in [0.3, 0.4) is 0 Å². The summed E-state index contributed by atoms with van der Waals surface area (Å²) in [6.45, 7) is 0. The van der Waals surface area contributed by atoms with Gasteiger partial charge in [0.2, 0.25) is 0 Å². The van der Waals surface area contributed by atoms with Crippen molar-refractivity contribution in [3.63, 3.8) is 0 Å². The fraction of sp³-hybridized carbons (Fsp3) is 0. The lowest BCUT2D eigenvalue weighted by atomic mass is 9.94. The lowest BCUT2D eigenvalue weighted by Gasteiger charge is -2.16. The molecule has 2 aromatic carbocycles. The number of carbonyl (C=O) groups excluding carboxylic acids is 2. The number of carbonyl (C=O) groups is 2. The molecule has 2 heterocycles. The second kappa shape index (κ2) is 3.17. The molecule has 0 unspecified atom stereocenters. The molecular weight excluding hydrogens is 246 g/mol. The molecule has 1 aliphatic heterocycles. The largest absolute Gasteiger partial charge is 0.288 e. The highest BCUT2D eigenvalue weighted by atomic mass is 32.1. The highest BCUT2D eigenvalue weighted by Gasteiger charge is 2.25. The van der Waals surface area contributed by atoms with Gasteiger partial charge < -0.3 is 0 Å². The molecule has 1 aromatic heterocycles. The molecule has 1 aliphatic rings. The average molecular weight is 253 g/mol. The first-order valence-electron chi connectivity index (χ1n) is 5.54. The molecule has 0 aliphatic carbocycles. The van der Waals surface area contributed by atoms with Crippen LogP contribution in [0.4, 0.5) is 0 Å². The number of benzene rings is 2. The van der Waals surface area contributed by atoms with Gasteiger partial charge in [0.25, 0.3) is 11.8 Å². The van der Waals surface area contributed by atoms with Gasteiger partial charge in [-0.3, -0.25) is 14.9 Å². The minimum atomic E-state index is -0.311. The van der Waals surface area contributed by atoms with E-state index in [1.165, 1.54) is 0 Å². The van der Waals surface area contributed by atoms with Crippen LogP contribution in [0.15, 0.2) is 35.7 Å². The predicted octanol–water partition coefficient (Wildman–Crippen LogP) is 2.94. The molecule has 3 nitrogen and oxygen atoms in total. The smallest absolute Gasteiger partial charge is 0.258 e. The standard InChI is InChI=1S/C14H7NO2S/c16-13-9-3-1-2-8-11(9)10(14(17)15-13)6-7-4-5-18-12(7)8/h1-6H,(H,15,16,17). The SMILES string of the molecule is O=C1NC(=O)c2cc3ccsc3c3cccc1c23. The number of thiophene rings is 1. The minimum absolute atomic E-state index is 0.309. The second-order valence-electron chi connectivity index (χ2n) is 4.27. The van der Waals surface area contributed by atoms with Gasteiger partial charge in [-0.05, 0) is 29.0 Å². The maximum atomic E-state index is 11.9. The maximum Gasteiger partial charge on any atom is 0.258 e. The Morgan fingerprint density at radius 1 is 1.00 bits per heavy atom. The first-order chi connectivity index (χ1) is 8.75. The monoisotopic (exact) mass is 253 g/mol. The lowest BCUT2D eigenvalue weighted by Crippen LogP contribution is -2.34. The summed E-state index contributed by atoms with van der Waals surface area (Å²) in [4.78, 5) is 23.7. The van der Waals surface area contributed by atoms with Crippen LogP contribution in [0.5, 0.6) is 0 Å². The quantitative estimate of drug-likeness (QED) is 0.626. The summed E-state index contributed by atoms with van der Waals surface area (Å²) < 4.78 is 1.12. The highest BCUT2D eigenvalue weighted by Crippen LogP contribution is 2.35. The van der Waals surface area contributed by atoms with Gasteiger partial charge in [0, 0.05) is 26.6 Å². The van der Waals surface area contributed by atoms with Gasteiger partial charge in [-0.15, -0.1) is 11.3 Å². The summed E-state index contributed by atoms with van der Waals surface area (Å²) in [7, 11) is 0. The van der Waals surface area contributed by atoms with E-state index in [4.69, 9.17) is 0 Å². The van der Waals surface area contributed by atoms with E-state index < -0.39 is 0 Å². The zero-order chi connectivity index (χ0) is 12.3. The third-order valence-electron chi connectivity index (χ3n) is 3.29. The fourth-order valence-corrected chi connectivity index (χ4v) is 3.43. The molecule has 86 valence electrons. The van der Waals surface area contributed by atoms with E-state index >= 15 is 0 Å². The van der Waals surface area contributed by atoms with Crippen molar-refractivity contribution < 1.29 is 9.59 Å². The van der Waals surface area contributed by atoms with Crippen molar-refractivity contribution in [1.29, 1.82) is 0 Å². The van der Waals surface area contributed by atoms with Crippen molar-refractivity contribution in [2.75, 3.05) is 0 Å². The van der Waals surface area contributed by atoms with E-state index in [1.807, 2.05) is 29.6 Å². The zero-order valence-electron chi connectivity index (χ0n) is 9.19. The lowest BCUT2D eigenvalue weighted by molar-refractivity contribution is 0.0845. The number of hydrogen-bond donors (Lipinski definition) is 1. The Morgan fingerprint density at radius 3 is 2.72 bits per heavy atom. The van der Waals surface area contributed by atoms with Crippen molar-refractivity contribution in [2.45, 2.75) is 0 Å². The molecular formula is C14H7NO2S. The minimum Gasteiger partial charge on any atom is -0.288 e. The van der Waals surface area contributed by atoms with E-state index in [9.17, 15) is 9.59 Å². The van der Waals surface area contributed by atoms with Gasteiger partial charge in [-0.2, -0.15) is 0 Å². The number of nitrogens with one attached hydrogen (secondary N) is 1. The van der Waals surface area contributed by atoms with E-state index in [1.54, 1.807) is 17.4 Å². The van der Waals surface area contributed by atoms with Gasteiger partial charge in [-0.1, -0.05) is 12.1 Å². The molecule has 1 N–H and O–H groups in total. The second-order valence-corrected chi connectivity index (χ2v) is 5.19. The Labute approximate surface area is 106 Å². The van der Waals surface area contributed by atoms with Gasteiger partial charge in [0.1, 0.15) is 0 Å². The van der Waals surface area contributed by atoms with E-state index in [0.29, 0.717) is 11.1 Å². The first kappa shape index (κ1) is 9.79. The van der Waals surface area contributed by atoms with Crippen molar-refractivity contribution in [3.8, 4) is 0 Å². The van der Waals surface area contributed by atoms with Crippen molar-refractivity contribution >= 4 is 44.0 Å². The number of imide groups is 1. The van der Waals surface area contributed by atoms with Crippen LogP contribution >= 0.6 is 11.3 Å². The molecule has 3 aromatic rings. The first-order valence-corrected chi connectivity index (χ1v) is 6.42. The van der Waals surface area contributed by atoms with Gasteiger partial charge in [0.15, 0.2) is 0 Å². The summed E-state index contributed by atoms with van der Waals surface area (Å²) in [6, 6.07) is 9.43. The molecule has 18 heavy (non-hydrogen) atoms. The number of hydrogen-bond acceptors (Lipinski definition) is 3. The average Bonchev–Trinajstić information content (AvgIpc) is 2.83. The van der Waals surface area contributed by atoms with Crippen molar-refractivity contribution in [3.05, 3.63) is 46.8 Å². The van der Waals surface area contributed by atoms with Gasteiger partial charge in [0.05, 0.1) is 0 Å². The third kappa shape index (κ3) is 1.08. The Morgan fingerprint density at radius 2 is 1.83 bits per heavy atom. The molecule has 0 radical (unpaired) electrons. The fourth-order valence-electron chi connectivity index (χ4n) is 2.52. The van der Waals surface area contributed by atoms with Crippen molar-refractivity contribution in [1.82, 2.24) is 5.32 Å². The molecule has 4 rings (SSSR count). The van der Waals surface area contributed by atoms with E-state index in [2.05, 4.69) is 5.32 Å². The normalized spacial score (nSPS) is 14.2. The summed E-state index contributed by atoms with van der Waals surface area (Å²) in [6.07, 6.45) is 0. The molecule has 0 fully saturated rings. The number of fused-ring (bicyclic) bond motifs is 2. The molecule has 0 atom stereocenters. The molecule has 2 amide bonds. The van der Waals surface area contributed by atoms with Crippen LogP contribution < -0.4 is 5.32 Å². The predicted molar refractivity (Wildman–Crippen MR) is 71.1 cm³/mol. The highest BCUT2D eigenvalue weighted by molar-refractivity contribution is 7.18. The van der Waals surface area contributed by atoms with Crippen LogP contribution in [0, 0.1) is 0 Å². The van der Waals surface area contributed by atoms with Crippen LogP contribution in [0.1, 0.15) is 20.7 Å². The van der Waals surface area contributed by atoms with Crippen molar-refractivity contribution in [2.24, 2.45) is 0 Å². The summed E-state index contributed by atoms with van der Waals surface area (Å²) in [5.74, 6) is -0.620. The summed E-state index contributed by atoms with van der Waals surface area (Å²) in [5.41, 5.74) is 1.17. The van der Waals surface area contributed by atoms with Crippen LogP contribution in [0.25, 0.3) is 20.9 Å². The summed E-state index contributed by atoms with van der Waals surface area (Å²) >= 11 is 1.63. The van der Waals surface area contributed by atoms with Crippen LogP contribution in [0.2, 0.25) is 0 Å². The van der Waals surface area contributed by atoms with Gasteiger partial charge >= 0.3 is 0 Å². The maximum absolute atomic E-state index is 11.9. The topological polar surface area (TPSA) is 46.2 Å².